The third-order valence-corrected chi connectivity index (χ3v) is 5.63. The van der Waals surface area contributed by atoms with E-state index >= 15 is 0 Å². The molecule has 0 spiro atoms. The van der Waals surface area contributed by atoms with E-state index in [0.29, 0.717) is 11.1 Å². The van der Waals surface area contributed by atoms with Gasteiger partial charge in [-0.15, -0.1) is 0 Å². The summed E-state index contributed by atoms with van der Waals surface area (Å²) in [4.78, 5) is 0.270. The topological polar surface area (TPSA) is 72.2 Å². The maximum atomic E-state index is 11.5. The third kappa shape index (κ3) is 3.26. The van der Waals surface area contributed by atoms with Crippen molar-refractivity contribution in [2.75, 3.05) is 23.9 Å². The summed E-state index contributed by atoms with van der Waals surface area (Å²) in [6.07, 6.45) is 7.49. The van der Waals surface area contributed by atoms with Gasteiger partial charge in [0.05, 0.1) is 16.3 Å². The van der Waals surface area contributed by atoms with Gasteiger partial charge in [-0.25, -0.2) is 8.42 Å². The third-order valence-electron chi connectivity index (χ3n) is 4.52. The molecular weight excluding hydrogens is 272 g/mol. The molecule has 1 aromatic rings. The number of rotatable bonds is 5. The molecule has 4 nitrogen and oxygen atoms in total. The molecule has 2 rings (SSSR count). The zero-order valence-electron chi connectivity index (χ0n) is 12.3. The fraction of sp³-hybridized carbons (Fsp3) is 0.600. The van der Waals surface area contributed by atoms with E-state index in [1.807, 2.05) is 0 Å². The average molecular weight is 296 g/mol. The second kappa shape index (κ2) is 5.64. The second-order valence-electron chi connectivity index (χ2n) is 5.94. The summed E-state index contributed by atoms with van der Waals surface area (Å²) in [6, 6.07) is 4.91. The molecule has 1 saturated carbocycles. The molecule has 0 bridgehead atoms. The van der Waals surface area contributed by atoms with E-state index in [1.165, 1.54) is 44.4 Å². The van der Waals surface area contributed by atoms with Crippen LogP contribution >= 0.6 is 0 Å². The van der Waals surface area contributed by atoms with Crippen LogP contribution in [0.15, 0.2) is 23.1 Å². The molecule has 0 unspecified atom stereocenters. The molecule has 1 aromatic carbocycles. The van der Waals surface area contributed by atoms with Crippen molar-refractivity contribution in [2.24, 2.45) is 5.41 Å². The Hall–Kier alpha value is -1.23. The Morgan fingerprint density at radius 3 is 2.45 bits per heavy atom. The summed E-state index contributed by atoms with van der Waals surface area (Å²) in [7, 11) is -3.20. The van der Waals surface area contributed by atoms with Gasteiger partial charge in [-0.1, -0.05) is 19.8 Å². The number of nitrogens with one attached hydrogen (secondary N) is 1. The van der Waals surface area contributed by atoms with Crippen molar-refractivity contribution in [1.82, 2.24) is 0 Å². The quantitative estimate of drug-likeness (QED) is 0.819. The molecule has 0 amide bonds. The van der Waals surface area contributed by atoms with Crippen molar-refractivity contribution >= 4 is 21.2 Å². The van der Waals surface area contributed by atoms with Crippen molar-refractivity contribution in [2.45, 2.75) is 43.9 Å². The first kappa shape index (κ1) is 15.2. The predicted molar refractivity (Wildman–Crippen MR) is 83.6 cm³/mol. The van der Waals surface area contributed by atoms with Gasteiger partial charge in [-0.3, -0.25) is 0 Å². The van der Waals surface area contributed by atoms with Gasteiger partial charge in [0.1, 0.15) is 0 Å². The van der Waals surface area contributed by atoms with Gasteiger partial charge >= 0.3 is 0 Å². The van der Waals surface area contributed by atoms with Gasteiger partial charge in [0.15, 0.2) is 9.84 Å². The van der Waals surface area contributed by atoms with Crippen LogP contribution < -0.4 is 11.1 Å². The average Bonchev–Trinajstić information content (AvgIpc) is 2.85. The Kier molecular flexibility index (Phi) is 4.28. The molecule has 1 fully saturated rings. The molecule has 112 valence electrons. The van der Waals surface area contributed by atoms with Crippen molar-refractivity contribution in [3.63, 3.8) is 0 Å². The Morgan fingerprint density at radius 2 is 1.95 bits per heavy atom. The lowest BCUT2D eigenvalue weighted by Crippen LogP contribution is -2.26. The normalized spacial score (nSPS) is 18.1. The maximum Gasteiger partial charge on any atom is 0.175 e. The van der Waals surface area contributed by atoms with E-state index in [9.17, 15) is 8.42 Å². The van der Waals surface area contributed by atoms with E-state index in [2.05, 4.69) is 12.2 Å². The highest BCUT2D eigenvalue weighted by molar-refractivity contribution is 7.90. The van der Waals surface area contributed by atoms with Crippen LogP contribution in [-0.4, -0.2) is 21.2 Å². The number of nitrogens with two attached hydrogens (primary N) is 1. The maximum absolute atomic E-state index is 11.5. The van der Waals surface area contributed by atoms with Crippen LogP contribution in [0.25, 0.3) is 0 Å². The molecule has 1 aliphatic carbocycles. The fourth-order valence-corrected chi connectivity index (χ4v) is 3.65. The summed E-state index contributed by atoms with van der Waals surface area (Å²) < 4.78 is 23.0. The Balaban J connectivity index is 2.11. The molecule has 0 atom stereocenters. The molecule has 0 saturated heterocycles. The highest BCUT2D eigenvalue weighted by Gasteiger charge is 2.31. The number of nitrogen functional groups attached to an aromatic ring is 1. The van der Waals surface area contributed by atoms with Gasteiger partial charge in [0, 0.05) is 12.8 Å². The summed E-state index contributed by atoms with van der Waals surface area (Å²) in [5.74, 6) is 0. The molecule has 0 aromatic heterocycles. The first-order valence-electron chi connectivity index (χ1n) is 7.20. The zero-order valence-corrected chi connectivity index (χ0v) is 13.1. The van der Waals surface area contributed by atoms with Gasteiger partial charge < -0.3 is 11.1 Å². The van der Waals surface area contributed by atoms with Crippen LogP contribution in [0.5, 0.6) is 0 Å². The minimum Gasteiger partial charge on any atom is -0.397 e. The molecule has 3 N–H and O–H groups in total. The minimum absolute atomic E-state index is 0.270. The van der Waals surface area contributed by atoms with Crippen LogP contribution in [0, 0.1) is 5.41 Å². The fourth-order valence-electron chi connectivity index (χ4n) is 3.00. The summed E-state index contributed by atoms with van der Waals surface area (Å²) in [5.41, 5.74) is 7.67. The van der Waals surface area contributed by atoms with Crippen LogP contribution in [0.1, 0.15) is 39.0 Å². The van der Waals surface area contributed by atoms with Crippen LogP contribution in [0.3, 0.4) is 0 Å². The van der Waals surface area contributed by atoms with E-state index in [4.69, 9.17) is 5.73 Å². The molecular formula is C15H24N2O2S. The predicted octanol–water partition coefficient (Wildman–Crippen LogP) is 3.05. The Morgan fingerprint density at radius 1 is 1.30 bits per heavy atom. The smallest absolute Gasteiger partial charge is 0.175 e. The summed E-state index contributed by atoms with van der Waals surface area (Å²) >= 11 is 0. The van der Waals surface area contributed by atoms with Crippen molar-refractivity contribution < 1.29 is 8.42 Å². The minimum atomic E-state index is -3.20. The summed E-state index contributed by atoms with van der Waals surface area (Å²) in [6.45, 7) is 3.15. The van der Waals surface area contributed by atoms with Crippen molar-refractivity contribution in [3.05, 3.63) is 18.2 Å². The molecule has 20 heavy (non-hydrogen) atoms. The van der Waals surface area contributed by atoms with E-state index in [0.717, 1.165) is 12.2 Å². The first-order valence-corrected chi connectivity index (χ1v) is 9.09. The Bertz CT molecular complexity index is 576. The van der Waals surface area contributed by atoms with Gasteiger partial charge in [-0.2, -0.15) is 0 Å². The number of anilines is 2. The van der Waals surface area contributed by atoms with E-state index in [-0.39, 0.29) is 4.90 Å². The lowest BCUT2D eigenvalue weighted by molar-refractivity contribution is 0.307. The summed E-state index contributed by atoms with van der Waals surface area (Å²) in [5, 5.41) is 3.41. The first-order chi connectivity index (χ1) is 9.36. The largest absolute Gasteiger partial charge is 0.397 e. The second-order valence-corrected chi connectivity index (χ2v) is 7.95. The van der Waals surface area contributed by atoms with Crippen molar-refractivity contribution in [3.8, 4) is 0 Å². The highest BCUT2D eigenvalue weighted by Crippen LogP contribution is 2.41. The highest BCUT2D eigenvalue weighted by atomic mass is 32.2. The number of benzene rings is 1. The van der Waals surface area contributed by atoms with Crippen LogP contribution in [-0.2, 0) is 9.84 Å². The van der Waals surface area contributed by atoms with Gasteiger partial charge in [-0.05, 0) is 42.9 Å². The number of hydrogen-bond donors (Lipinski definition) is 2. The molecule has 0 radical (unpaired) electrons. The molecule has 0 heterocycles. The number of hydrogen-bond acceptors (Lipinski definition) is 4. The van der Waals surface area contributed by atoms with Crippen molar-refractivity contribution in [1.29, 1.82) is 0 Å². The van der Waals surface area contributed by atoms with Crippen LogP contribution in [0.4, 0.5) is 11.4 Å². The lowest BCUT2D eigenvalue weighted by Gasteiger charge is -2.28. The SMILES string of the molecule is CCC1(CNc2ccc(S(C)(=O)=O)cc2N)CCCC1. The molecule has 0 aliphatic heterocycles. The molecule has 5 heteroatoms. The van der Waals surface area contributed by atoms with E-state index in [1.54, 1.807) is 12.1 Å². The van der Waals surface area contributed by atoms with Gasteiger partial charge in [0.2, 0.25) is 0 Å². The zero-order chi connectivity index (χ0) is 14.8. The number of sulfone groups is 1. The lowest BCUT2D eigenvalue weighted by atomic mass is 9.83. The standard InChI is InChI=1S/C15H24N2O2S/c1-3-15(8-4-5-9-15)11-17-14-7-6-12(10-13(14)16)20(2,18)19/h6-7,10,17H,3-5,8-9,11,16H2,1-2H3. The van der Waals surface area contributed by atoms with E-state index < -0.39 is 9.84 Å². The Labute approximate surface area is 121 Å². The monoisotopic (exact) mass is 296 g/mol. The van der Waals surface area contributed by atoms with Crippen LogP contribution in [0.2, 0.25) is 0 Å². The van der Waals surface area contributed by atoms with Gasteiger partial charge in [0.25, 0.3) is 0 Å². The molecule has 1 aliphatic rings.